The second kappa shape index (κ2) is 78.3. The zero-order chi connectivity index (χ0) is 77.4. The third kappa shape index (κ3) is 77.4. The third-order valence-corrected chi connectivity index (χ3v) is 19.0. The van der Waals surface area contributed by atoms with E-state index >= 15 is 0 Å². The molecule has 0 spiro atoms. The van der Waals surface area contributed by atoms with E-state index < -0.39 is 97.5 Å². The summed E-state index contributed by atoms with van der Waals surface area (Å²) in [7, 11) is -9.99. The molecule has 0 rings (SSSR count). The van der Waals surface area contributed by atoms with Crippen LogP contribution >= 0.6 is 15.6 Å². The number of ether oxygens (including phenoxy) is 4. The molecule has 0 saturated heterocycles. The van der Waals surface area contributed by atoms with Gasteiger partial charge in [0, 0.05) is 25.7 Å². The van der Waals surface area contributed by atoms with E-state index in [0.29, 0.717) is 32.1 Å². The Morgan fingerprint density at radius 3 is 0.802 bits per heavy atom. The predicted molar refractivity (Wildman–Crippen MR) is 436 cm³/mol. The molecule has 0 amide bonds. The number of unbranched alkanes of at least 4 members (excludes halogenated alkanes) is 29. The van der Waals surface area contributed by atoms with Gasteiger partial charge in [-0.05, 0) is 161 Å². The van der Waals surface area contributed by atoms with Crippen molar-refractivity contribution >= 4 is 39.5 Å². The number of carbonyl (C=O) groups excluding carboxylic acids is 4. The monoisotopic (exact) mass is 1530 g/mol. The lowest BCUT2D eigenvalue weighted by molar-refractivity contribution is -0.161. The van der Waals surface area contributed by atoms with Crippen molar-refractivity contribution in [2.45, 2.75) is 354 Å². The number of allylic oxidation sites excluding steroid dienone is 22. The Balaban J connectivity index is 5.41. The molecule has 5 unspecified atom stereocenters. The third-order valence-electron chi connectivity index (χ3n) is 17.1. The van der Waals surface area contributed by atoms with Gasteiger partial charge in [0.2, 0.25) is 0 Å². The predicted octanol–water partition coefficient (Wildman–Crippen LogP) is 24.4. The molecule has 0 aliphatic heterocycles. The number of hydrogen-bond acceptors (Lipinski definition) is 15. The van der Waals surface area contributed by atoms with Gasteiger partial charge in [0.05, 0.1) is 26.4 Å². The normalized spacial score (nSPS) is 14.5. The molecule has 0 bridgehead atoms. The van der Waals surface area contributed by atoms with E-state index in [2.05, 4.69) is 161 Å². The highest BCUT2D eigenvalue weighted by molar-refractivity contribution is 7.47. The highest BCUT2D eigenvalue weighted by Crippen LogP contribution is 2.45. The summed E-state index contributed by atoms with van der Waals surface area (Å²) in [6, 6.07) is 0. The van der Waals surface area contributed by atoms with E-state index in [1.54, 1.807) is 0 Å². The van der Waals surface area contributed by atoms with Crippen molar-refractivity contribution in [1.29, 1.82) is 0 Å². The number of carbonyl (C=O) groups is 4. The molecular weight excluding hydrogens is 1380 g/mol. The minimum atomic E-state index is -5.00. The van der Waals surface area contributed by atoms with Crippen molar-refractivity contribution in [3.63, 3.8) is 0 Å². The van der Waals surface area contributed by atoms with E-state index in [1.165, 1.54) is 57.8 Å². The van der Waals surface area contributed by atoms with Crippen LogP contribution in [0.3, 0.4) is 0 Å². The number of phosphoric ester groups is 2. The van der Waals surface area contributed by atoms with Gasteiger partial charge in [0.1, 0.15) is 19.3 Å². The van der Waals surface area contributed by atoms with Gasteiger partial charge in [-0.2, -0.15) is 0 Å². The first kappa shape index (κ1) is 101. The summed E-state index contributed by atoms with van der Waals surface area (Å²) in [4.78, 5) is 73.1. The first-order chi connectivity index (χ1) is 51.7. The molecule has 3 N–H and O–H groups in total. The molecule has 0 heterocycles. The summed E-state index contributed by atoms with van der Waals surface area (Å²) in [6.07, 6.45) is 88.5. The summed E-state index contributed by atoms with van der Waals surface area (Å²) in [6.45, 7) is 4.56. The Morgan fingerprint density at radius 2 is 0.491 bits per heavy atom. The Morgan fingerprint density at radius 1 is 0.274 bits per heavy atom. The maximum Gasteiger partial charge on any atom is 0.472 e. The van der Waals surface area contributed by atoms with Crippen LogP contribution in [0.15, 0.2) is 134 Å². The largest absolute Gasteiger partial charge is 0.472 e. The smallest absolute Gasteiger partial charge is 0.462 e. The number of esters is 4. The number of aliphatic hydroxyl groups excluding tert-OH is 1. The lowest BCUT2D eigenvalue weighted by Gasteiger charge is -2.21. The Kier molecular flexibility index (Phi) is 74.8. The molecule has 0 radical (unpaired) electrons. The van der Waals surface area contributed by atoms with Crippen molar-refractivity contribution < 1.29 is 80.2 Å². The molecule has 5 atom stereocenters. The summed E-state index contributed by atoms with van der Waals surface area (Å²) >= 11 is 0. The highest BCUT2D eigenvalue weighted by Gasteiger charge is 2.30. The minimum absolute atomic E-state index is 0.0373. The SMILES string of the molecule is CC/C=C\C/C=C\C/C=C\C/C=C\CCCCC(=O)OC(COC(=O)CCCCCCCCC/C=C\C/C=C\C/C=C\CC)COP(=O)(O)OCC(O)COP(=O)(O)OCC(COC(=O)CCCCCCCC/C=C\C/C=C\C/C=C\CCCCC)OC(=O)CCCCCCC/C=C\CCCCCCCC. The van der Waals surface area contributed by atoms with E-state index in [-0.39, 0.29) is 25.7 Å². The van der Waals surface area contributed by atoms with Crippen molar-refractivity contribution in [3.8, 4) is 0 Å². The van der Waals surface area contributed by atoms with Crippen LogP contribution in [-0.4, -0.2) is 96.7 Å². The average molecular weight is 1530 g/mol. The molecule has 608 valence electrons. The van der Waals surface area contributed by atoms with Crippen LogP contribution in [-0.2, 0) is 65.4 Å². The van der Waals surface area contributed by atoms with Gasteiger partial charge in [-0.3, -0.25) is 37.3 Å². The number of hydrogen-bond donors (Lipinski definition) is 3. The second-order valence-electron chi connectivity index (χ2n) is 27.3. The maximum atomic E-state index is 13.1. The van der Waals surface area contributed by atoms with Crippen molar-refractivity contribution in [2.24, 2.45) is 0 Å². The van der Waals surface area contributed by atoms with Gasteiger partial charge in [-0.15, -0.1) is 0 Å². The van der Waals surface area contributed by atoms with Crippen LogP contribution in [0.2, 0.25) is 0 Å². The Labute approximate surface area is 644 Å². The van der Waals surface area contributed by atoms with Gasteiger partial charge in [0.25, 0.3) is 0 Å². The lowest BCUT2D eigenvalue weighted by Crippen LogP contribution is -2.30. The van der Waals surface area contributed by atoms with Crippen LogP contribution in [0.4, 0.5) is 0 Å². The van der Waals surface area contributed by atoms with Gasteiger partial charge >= 0.3 is 39.5 Å². The second-order valence-corrected chi connectivity index (χ2v) is 30.2. The van der Waals surface area contributed by atoms with Crippen LogP contribution in [0.5, 0.6) is 0 Å². The van der Waals surface area contributed by atoms with Gasteiger partial charge in [-0.1, -0.05) is 283 Å². The molecule has 0 saturated carbocycles. The lowest BCUT2D eigenvalue weighted by atomic mass is 10.1. The zero-order valence-electron chi connectivity index (χ0n) is 66.6. The quantitative estimate of drug-likeness (QED) is 0.0169. The number of rotatable bonds is 77. The van der Waals surface area contributed by atoms with E-state index in [0.717, 1.165) is 193 Å². The molecule has 0 aromatic heterocycles. The number of phosphoric acid groups is 2. The Bertz CT molecular complexity index is 2530. The van der Waals surface area contributed by atoms with Gasteiger partial charge in [-0.25, -0.2) is 9.13 Å². The molecule has 17 nitrogen and oxygen atoms in total. The average Bonchev–Trinajstić information content (AvgIpc) is 0.902. The summed E-state index contributed by atoms with van der Waals surface area (Å²) < 4.78 is 68.7. The molecule has 0 aliphatic rings. The van der Waals surface area contributed by atoms with E-state index in [4.69, 9.17) is 37.0 Å². The fourth-order valence-corrected chi connectivity index (χ4v) is 12.4. The summed E-state index contributed by atoms with van der Waals surface area (Å²) in [5, 5.41) is 10.7. The van der Waals surface area contributed by atoms with E-state index in [1.807, 2.05) is 0 Å². The van der Waals surface area contributed by atoms with Crippen molar-refractivity contribution in [2.75, 3.05) is 39.6 Å². The first-order valence-electron chi connectivity index (χ1n) is 41.4. The molecule has 0 aromatic rings. The molecule has 0 aliphatic carbocycles. The van der Waals surface area contributed by atoms with Gasteiger partial charge in [0.15, 0.2) is 12.2 Å². The van der Waals surface area contributed by atoms with Crippen molar-refractivity contribution in [1.82, 2.24) is 0 Å². The minimum Gasteiger partial charge on any atom is -0.462 e. The summed E-state index contributed by atoms with van der Waals surface area (Å²) in [5.41, 5.74) is 0. The maximum absolute atomic E-state index is 13.1. The zero-order valence-corrected chi connectivity index (χ0v) is 68.4. The topological polar surface area (TPSA) is 237 Å². The fraction of sp³-hybridized carbons (Fsp3) is 0.701. The number of aliphatic hydroxyl groups is 1. The van der Waals surface area contributed by atoms with Crippen LogP contribution in [0, 0.1) is 0 Å². The Hall–Kier alpha value is -4.80. The standard InChI is InChI=1S/C87H148O17P2/c1-5-9-13-17-21-25-29-33-37-39-40-42-46-48-52-56-60-64-68-72-85(90)98-78-83(104-87(92)74-70-66-62-58-54-50-44-36-32-28-24-20-16-12-8-4)80-102-106(95,96)100-76-81(88)75-99-105(93,94)101-79-82(103-86(91)73-69-65-61-57-53-49-43-35-31-27-23-19-15-11-7-3)77-97-84(89)71-67-63-59-55-51-47-45-41-38-34-30-26-22-18-14-10-6-2/h10-11,14-15,21-23,25-27,33-38,40,42-44,53,57,81-83,88H,5-9,12-13,16-20,24,28-32,39,41,45-52,54-56,58-80H2,1-4H3,(H,93,94)(H,95,96)/b14-10-,15-11-,25-21-,26-22-,27-23-,37-33-,38-34-,42-40-,43-35-,44-36-,57-53-. The molecule has 0 fully saturated rings. The van der Waals surface area contributed by atoms with Gasteiger partial charge < -0.3 is 33.8 Å². The molecule has 19 heteroatoms. The van der Waals surface area contributed by atoms with Crippen LogP contribution in [0.25, 0.3) is 0 Å². The van der Waals surface area contributed by atoms with Crippen LogP contribution in [0.1, 0.15) is 336 Å². The molecular formula is C87H148O17P2. The highest BCUT2D eigenvalue weighted by atomic mass is 31.2. The molecule has 0 aromatic carbocycles. The fourth-order valence-electron chi connectivity index (χ4n) is 10.8. The van der Waals surface area contributed by atoms with E-state index in [9.17, 15) is 43.2 Å². The molecule has 106 heavy (non-hydrogen) atoms. The van der Waals surface area contributed by atoms with Crippen LogP contribution < -0.4 is 0 Å². The first-order valence-corrected chi connectivity index (χ1v) is 44.4. The summed E-state index contributed by atoms with van der Waals surface area (Å²) in [5.74, 6) is -2.25. The van der Waals surface area contributed by atoms with Crippen molar-refractivity contribution in [3.05, 3.63) is 134 Å².